The maximum Gasteiger partial charge on any atom is 0.336 e. The van der Waals surface area contributed by atoms with Crippen molar-refractivity contribution in [3.8, 4) is 5.75 Å². The molecule has 18 heavy (non-hydrogen) atoms. The Labute approximate surface area is 109 Å². The van der Waals surface area contributed by atoms with Crippen molar-refractivity contribution in [3.63, 3.8) is 0 Å². The predicted molar refractivity (Wildman–Crippen MR) is 68.8 cm³/mol. The highest BCUT2D eigenvalue weighted by molar-refractivity contribution is 7.98. The molecule has 0 saturated carbocycles. The Bertz CT molecular complexity index is 513. The van der Waals surface area contributed by atoms with Crippen LogP contribution < -0.4 is 10.2 Å². The summed E-state index contributed by atoms with van der Waals surface area (Å²) in [4.78, 5) is 16.8. The van der Waals surface area contributed by atoms with Gasteiger partial charge in [-0.3, -0.25) is 10.3 Å². The van der Waals surface area contributed by atoms with E-state index in [1.54, 1.807) is 12.1 Å². The van der Waals surface area contributed by atoms with E-state index in [1.165, 1.54) is 18.9 Å². The van der Waals surface area contributed by atoms with E-state index in [0.717, 1.165) is 11.3 Å². The predicted octanol–water partition coefficient (Wildman–Crippen LogP) is 1.99. The van der Waals surface area contributed by atoms with Crippen molar-refractivity contribution in [2.75, 3.05) is 20.0 Å². The van der Waals surface area contributed by atoms with Crippen LogP contribution in [-0.2, 0) is 4.84 Å². The number of nitrogens with one attached hydrogen (secondary N) is 1. The van der Waals surface area contributed by atoms with E-state index in [1.807, 2.05) is 12.3 Å². The van der Waals surface area contributed by atoms with Crippen molar-refractivity contribution in [1.82, 2.24) is 5.48 Å². The first-order valence-electron chi connectivity index (χ1n) is 5.25. The molecule has 0 saturated heterocycles. The third-order valence-electron chi connectivity index (χ3n) is 2.56. The third kappa shape index (κ3) is 2.16. The Morgan fingerprint density at radius 1 is 1.56 bits per heavy atom. The van der Waals surface area contributed by atoms with Gasteiger partial charge in [-0.1, -0.05) is 0 Å². The van der Waals surface area contributed by atoms with E-state index >= 15 is 0 Å². The summed E-state index contributed by atoms with van der Waals surface area (Å²) in [6.45, 7) is 0.429. The molecule has 1 aromatic carbocycles. The van der Waals surface area contributed by atoms with Gasteiger partial charge in [0.15, 0.2) is 0 Å². The van der Waals surface area contributed by atoms with Gasteiger partial charge in [0, 0.05) is 4.90 Å². The maximum atomic E-state index is 11.2. The fourth-order valence-electron chi connectivity index (χ4n) is 1.84. The minimum absolute atomic E-state index is 0.260. The van der Waals surface area contributed by atoms with Crippen molar-refractivity contribution in [2.45, 2.75) is 4.90 Å². The number of hydrogen-bond acceptors (Lipinski definition) is 5. The summed E-state index contributed by atoms with van der Waals surface area (Å²) in [6, 6.07) is 3.23. The van der Waals surface area contributed by atoms with Gasteiger partial charge in [-0.25, -0.2) is 4.79 Å². The molecule has 6 heteroatoms. The molecular weight excluding hydrogens is 254 g/mol. The van der Waals surface area contributed by atoms with Crippen molar-refractivity contribution in [3.05, 3.63) is 29.3 Å². The fourth-order valence-corrected chi connectivity index (χ4v) is 2.63. The molecule has 1 aromatic rings. The zero-order chi connectivity index (χ0) is 13.1. The highest BCUT2D eigenvalue weighted by Gasteiger charge is 2.23. The van der Waals surface area contributed by atoms with Gasteiger partial charge >= 0.3 is 5.97 Å². The zero-order valence-corrected chi connectivity index (χ0v) is 10.8. The molecule has 0 amide bonds. The van der Waals surface area contributed by atoms with Gasteiger partial charge in [-0.05, 0) is 24.5 Å². The second-order valence-corrected chi connectivity index (χ2v) is 4.38. The molecule has 0 radical (unpaired) electrons. The Morgan fingerprint density at radius 2 is 2.33 bits per heavy atom. The molecule has 1 aliphatic heterocycles. The zero-order valence-electron chi connectivity index (χ0n) is 10.0. The first kappa shape index (κ1) is 12.8. The Hall–Kier alpha value is -1.66. The number of hydroxylamine groups is 1. The maximum absolute atomic E-state index is 11.2. The Morgan fingerprint density at radius 3 is 2.94 bits per heavy atom. The fraction of sp³-hybridized carbons (Fsp3) is 0.250. The van der Waals surface area contributed by atoms with Crippen LogP contribution >= 0.6 is 11.8 Å². The van der Waals surface area contributed by atoms with Crippen LogP contribution in [0.4, 0.5) is 0 Å². The van der Waals surface area contributed by atoms with Gasteiger partial charge < -0.3 is 9.84 Å². The molecule has 0 fully saturated rings. The lowest BCUT2D eigenvalue weighted by molar-refractivity contribution is 0.0693. The van der Waals surface area contributed by atoms with Gasteiger partial charge in [0.25, 0.3) is 0 Å². The first-order chi connectivity index (χ1) is 8.69. The number of carbonyl (C=O) groups is 1. The lowest BCUT2D eigenvalue weighted by Gasteiger charge is -2.22. The smallest absolute Gasteiger partial charge is 0.336 e. The topological polar surface area (TPSA) is 67.8 Å². The summed E-state index contributed by atoms with van der Waals surface area (Å²) in [5.74, 6) is -0.295. The molecule has 0 bridgehead atoms. The lowest BCUT2D eigenvalue weighted by Crippen LogP contribution is -2.18. The molecule has 0 spiro atoms. The molecule has 1 aliphatic rings. The highest BCUT2D eigenvalue weighted by Crippen LogP contribution is 2.38. The van der Waals surface area contributed by atoms with E-state index in [4.69, 9.17) is 9.57 Å². The van der Waals surface area contributed by atoms with Gasteiger partial charge in [-0.15, -0.1) is 11.8 Å². The van der Waals surface area contributed by atoms with Crippen LogP contribution in [0.25, 0.3) is 5.70 Å². The van der Waals surface area contributed by atoms with E-state index < -0.39 is 5.97 Å². The quantitative estimate of drug-likeness (QED) is 0.642. The lowest BCUT2D eigenvalue weighted by atomic mass is 10.0. The first-order valence-corrected chi connectivity index (χ1v) is 6.48. The number of fused-ring (bicyclic) bond motifs is 1. The number of hydrogen-bond donors (Lipinski definition) is 2. The van der Waals surface area contributed by atoms with Crippen LogP contribution in [0.1, 0.15) is 15.9 Å². The number of aromatic carboxylic acids is 1. The van der Waals surface area contributed by atoms with Gasteiger partial charge in [0.1, 0.15) is 12.4 Å². The monoisotopic (exact) mass is 267 g/mol. The molecule has 0 atom stereocenters. The largest absolute Gasteiger partial charge is 0.489 e. The molecule has 2 N–H and O–H groups in total. The van der Waals surface area contributed by atoms with Gasteiger partial charge in [0.05, 0.1) is 23.9 Å². The van der Waals surface area contributed by atoms with E-state index in [2.05, 4.69) is 5.48 Å². The van der Waals surface area contributed by atoms with Crippen LogP contribution in [0.2, 0.25) is 0 Å². The minimum atomic E-state index is -0.954. The number of carboxylic acid groups (broad SMARTS) is 1. The van der Waals surface area contributed by atoms with Gasteiger partial charge in [-0.2, -0.15) is 0 Å². The third-order valence-corrected chi connectivity index (χ3v) is 3.39. The van der Waals surface area contributed by atoms with Crippen LogP contribution in [0.3, 0.4) is 0 Å². The molecule has 1 heterocycles. The Balaban J connectivity index is 2.61. The second-order valence-electron chi connectivity index (χ2n) is 3.56. The molecule has 0 aliphatic carbocycles. The van der Waals surface area contributed by atoms with Crippen molar-refractivity contribution < 1.29 is 19.5 Å². The van der Waals surface area contributed by atoms with Crippen LogP contribution in [0.15, 0.2) is 23.1 Å². The van der Waals surface area contributed by atoms with Crippen LogP contribution in [0.5, 0.6) is 5.75 Å². The highest BCUT2D eigenvalue weighted by atomic mass is 32.2. The summed E-state index contributed by atoms with van der Waals surface area (Å²) < 4.78 is 5.50. The summed E-state index contributed by atoms with van der Waals surface area (Å²) in [7, 11) is 1.51. The van der Waals surface area contributed by atoms with Crippen molar-refractivity contribution in [1.29, 1.82) is 0 Å². The van der Waals surface area contributed by atoms with Crippen LogP contribution in [0, 0.1) is 0 Å². The number of thioether (sulfide) groups is 1. The number of carboxylic acids is 1. The summed E-state index contributed by atoms with van der Waals surface area (Å²) in [5, 5.41) is 9.19. The normalized spacial score (nSPS) is 13.3. The van der Waals surface area contributed by atoms with Crippen LogP contribution in [-0.4, -0.2) is 31.0 Å². The number of ether oxygens (including phenoxy) is 1. The molecule has 0 unspecified atom stereocenters. The summed E-state index contributed by atoms with van der Waals surface area (Å²) in [6.07, 6.45) is 3.65. The SMILES string of the molecule is CONC1=CCOc2ccc(C(=O)O)c(SC)c21. The second kappa shape index (κ2) is 5.32. The molecule has 0 aromatic heterocycles. The van der Waals surface area contributed by atoms with Crippen molar-refractivity contribution >= 4 is 23.4 Å². The molecule has 5 nitrogen and oxygen atoms in total. The average molecular weight is 267 g/mol. The molecule has 2 rings (SSSR count). The molecule has 96 valence electrons. The standard InChI is InChI=1S/C12H13NO4S/c1-16-13-8-5-6-17-9-4-3-7(12(14)15)11(18-2)10(8)9/h3-5,13H,6H2,1-2H3,(H,14,15). The van der Waals surface area contributed by atoms with E-state index in [9.17, 15) is 9.90 Å². The number of rotatable bonds is 4. The summed E-state index contributed by atoms with van der Waals surface area (Å²) >= 11 is 1.37. The van der Waals surface area contributed by atoms with E-state index in [-0.39, 0.29) is 5.56 Å². The molecular formula is C12H13NO4S. The summed E-state index contributed by atoms with van der Waals surface area (Å²) in [5.41, 5.74) is 4.48. The Kier molecular flexibility index (Phi) is 3.78. The minimum Gasteiger partial charge on any atom is -0.489 e. The van der Waals surface area contributed by atoms with Gasteiger partial charge in [0.2, 0.25) is 0 Å². The number of benzene rings is 1. The average Bonchev–Trinajstić information content (AvgIpc) is 2.37. The van der Waals surface area contributed by atoms with E-state index in [0.29, 0.717) is 17.3 Å². The van der Waals surface area contributed by atoms with Crippen molar-refractivity contribution in [2.24, 2.45) is 0 Å².